The third-order valence-electron chi connectivity index (χ3n) is 10.5. The highest BCUT2D eigenvalue weighted by molar-refractivity contribution is 7.66. The summed E-state index contributed by atoms with van der Waals surface area (Å²) >= 11 is 0. The quantitative estimate of drug-likeness (QED) is 0.0476. The van der Waals surface area contributed by atoms with Crippen molar-refractivity contribution in [1.82, 2.24) is 0 Å². The van der Waals surface area contributed by atoms with Crippen LogP contribution < -0.4 is 0 Å². The van der Waals surface area contributed by atoms with Gasteiger partial charge in [-0.25, -0.2) is 90.8 Å². The number of phosphoric ester groups is 8. The molecule has 79 heavy (non-hydrogen) atoms. The summed E-state index contributed by atoms with van der Waals surface area (Å²) < 4.78 is 214. The molecular weight excluding hydrogens is 1210 g/mol. The Balaban J connectivity index is 1.24. The normalized spacial score (nSPS) is 37.0. The second kappa shape index (κ2) is 26.7. The second-order valence-electron chi connectivity index (χ2n) is 19.2. The van der Waals surface area contributed by atoms with Gasteiger partial charge in [0.2, 0.25) is 0 Å². The Kier molecular flexibility index (Phi) is 22.7. The van der Waals surface area contributed by atoms with Crippen LogP contribution in [0.4, 0.5) is 0 Å². The first kappa shape index (κ1) is 67.1. The maximum Gasteiger partial charge on any atom is 0.496 e. The van der Waals surface area contributed by atoms with Crippen molar-refractivity contribution in [3.05, 3.63) is 93.2 Å². The fraction of sp³-hybridized carbons (Fsp3) is 0.628. The van der Waals surface area contributed by atoms with E-state index in [2.05, 4.69) is 0 Å². The molecule has 5 unspecified atom stereocenters. The molecule has 36 heteroatoms. The van der Waals surface area contributed by atoms with E-state index < -0.39 is 107 Å². The number of phosphoric acid groups is 8. The van der Waals surface area contributed by atoms with E-state index in [1.807, 2.05) is 79.7 Å². The Bertz CT molecular complexity index is 2910. The monoisotopic (exact) mass is 1280 g/mol. The minimum absolute atomic E-state index is 0.425. The molecule has 0 radical (unpaired) electrons. The third kappa shape index (κ3) is 20.0. The van der Waals surface area contributed by atoms with Gasteiger partial charge in [-0.2, -0.15) is 17.2 Å². The molecule has 8 saturated heterocycles. The highest BCUT2D eigenvalue weighted by Crippen LogP contribution is 2.89. The zero-order valence-corrected chi connectivity index (χ0v) is 52.8. The molecule has 0 N–H and O–H groups in total. The highest BCUT2D eigenvalue weighted by atomic mass is 31.3. The Hall–Kier alpha value is -1.04. The summed E-state index contributed by atoms with van der Waals surface area (Å²) in [6, 6.07) is 0. The van der Waals surface area contributed by atoms with E-state index in [1.165, 1.54) is 24.3 Å². The summed E-state index contributed by atoms with van der Waals surface area (Å²) in [6.45, 7) is 20.2. The van der Waals surface area contributed by atoms with Crippen LogP contribution in [0.15, 0.2) is 93.2 Å². The highest BCUT2D eigenvalue weighted by Gasteiger charge is 2.80. The molecule has 28 nitrogen and oxygen atoms in total. The molecule has 8 fully saturated rings. The smallest absolute Gasteiger partial charge is 0.282 e. The molecule has 0 aliphatic carbocycles. The lowest BCUT2D eigenvalue weighted by atomic mass is 10.1. The van der Waals surface area contributed by atoms with Gasteiger partial charge in [0.1, 0.15) is 0 Å². The van der Waals surface area contributed by atoms with Crippen LogP contribution in [-0.2, 0) is 126 Å². The number of allylic oxidation sites excluding steroid dienone is 12. The summed E-state index contributed by atoms with van der Waals surface area (Å²) in [5, 5.41) is 0. The van der Waals surface area contributed by atoms with Gasteiger partial charge in [-0.15, -0.1) is 0 Å². The molecular formula is C43H68O28P8. The molecule has 0 saturated carbocycles. The fourth-order valence-corrected chi connectivity index (χ4v) is 19.5. The summed E-state index contributed by atoms with van der Waals surface area (Å²) in [5.74, 6) is 0. The first-order valence-electron chi connectivity index (χ1n) is 24.4. The van der Waals surface area contributed by atoms with Crippen molar-refractivity contribution in [2.45, 2.75) is 153 Å². The number of rotatable bonds is 30. The van der Waals surface area contributed by atoms with Gasteiger partial charge in [-0.3, -0.25) is 18.1 Å². The molecule has 8 aliphatic rings. The van der Waals surface area contributed by atoms with Gasteiger partial charge in [-0.1, -0.05) is 93.2 Å². The van der Waals surface area contributed by atoms with Crippen LogP contribution in [0.5, 0.6) is 0 Å². The van der Waals surface area contributed by atoms with Crippen molar-refractivity contribution < 1.29 is 126 Å². The van der Waals surface area contributed by atoms with Gasteiger partial charge in [0.25, 0.3) is 0 Å². The summed E-state index contributed by atoms with van der Waals surface area (Å²) in [6.07, 6.45) is 8.27. The van der Waals surface area contributed by atoms with Crippen LogP contribution in [0.2, 0.25) is 0 Å². The van der Waals surface area contributed by atoms with Crippen LogP contribution in [-0.4, -0.2) is 44.9 Å². The summed E-state index contributed by atoms with van der Waals surface area (Å²) in [5.41, 5.74) is 7.27. The van der Waals surface area contributed by atoms with Crippen LogP contribution in [0.1, 0.15) is 134 Å². The standard InChI is InChI=1S/C43H68O28P8/c1-33(2)17-13-21-37(9)25-29-52-72(44)56-41(60-76(48,61-41)68-72)57-73(45,53-30-26-38(10)22-14-18-34(3)4)69-77(49)62-42(63-77)58-74(46,54-31-27-39(11)23-15-19-35(5)6)70-78(50,64-42)65-43-59-75(47,71-79(51,66-43)67-43)55-32-28-40(12)24-16-20-36(7)8/h17-20,25-28H,13-16,21-24,29-32H2,1-12H3/b37-25+,38-26+,39-27+,40-28+. The lowest BCUT2D eigenvalue weighted by Crippen LogP contribution is -2.53. The van der Waals surface area contributed by atoms with E-state index in [-0.39, 0.29) is 0 Å². The van der Waals surface area contributed by atoms with Crippen LogP contribution >= 0.6 is 62.6 Å². The Morgan fingerprint density at radius 2 is 0.722 bits per heavy atom. The van der Waals surface area contributed by atoms with E-state index >= 15 is 0 Å². The zero-order chi connectivity index (χ0) is 58.4. The van der Waals surface area contributed by atoms with Gasteiger partial charge >= 0.3 is 81.1 Å². The zero-order valence-electron chi connectivity index (χ0n) is 45.6. The van der Waals surface area contributed by atoms with E-state index in [4.69, 9.17) is 89.6 Å². The molecule has 0 aromatic heterocycles. The molecule has 0 amide bonds. The minimum Gasteiger partial charge on any atom is -0.282 e. The third-order valence-corrected chi connectivity index (χ3v) is 24.1. The fourth-order valence-electron chi connectivity index (χ4n) is 6.67. The molecule has 8 heterocycles. The first-order valence-corrected chi connectivity index (χ1v) is 36.1. The maximum atomic E-state index is 14.6. The first-order chi connectivity index (χ1) is 36.6. The Morgan fingerprint density at radius 1 is 0.392 bits per heavy atom. The lowest BCUT2D eigenvalue weighted by Gasteiger charge is -2.50. The average molecular weight is 1280 g/mol. The van der Waals surface area contributed by atoms with Crippen LogP contribution in [0.3, 0.4) is 0 Å². The van der Waals surface area contributed by atoms with E-state index in [0.29, 0.717) is 62.5 Å². The number of fused-ring (bicyclic) bond motifs is 4. The Labute approximate surface area is 459 Å². The van der Waals surface area contributed by atoms with E-state index in [0.717, 1.165) is 33.4 Å². The molecule has 1 spiro atoms. The lowest BCUT2D eigenvalue weighted by molar-refractivity contribution is -0.467. The van der Waals surface area contributed by atoms with Crippen molar-refractivity contribution in [3.8, 4) is 0 Å². The minimum atomic E-state index is -5.91. The van der Waals surface area contributed by atoms with Gasteiger partial charge in [0, 0.05) is 0 Å². The SMILES string of the molecule is CC(C)=CCC/C(C)=C/COP1(=O)OC2(OP(=O)(OC/C=C(\C)CCC=C(C)C)OP3(=O)OC4(OP(=O)(OC/C=C(\C)CCC=C(C)C)OP(=O)(OC56OP(=O)(OC/C=C(\C)CCC=C(C)C)OP(=O)(O5)O6)O4)O3)OP(=O)(O2)O1. The van der Waals surface area contributed by atoms with Gasteiger partial charge in [0.05, 0.1) is 26.4 Å². The van der Waals surface area contributed by atoms with Gasteiger partial charge < -0.3 is 0 Å². The van der Waals surface area contributed by atoms with E-state index in [1.54, 1.807) is 27.7 Å². The van der Waals surface area contributed by atoms with Crippen molar-refractivity contribution in [3.63, 3.8) is 0 Å². The Morgan fingerprint density at radius 3 is 1.11 bits per heavy atom. The van der Waals surface area contributed by atoms with Crippen molar-refractivity contribution in [2.75, 3.05) is 26.4 Å². The van der Waals surface area contributed by atoms with Crippen molar-refractivity contribution in [1.29, 1.82) is 0 Å². The molecule has 448 valence electrons. The van der Waals surface area contributed by atoms with Crippen LogP contribution in [0, 0.1) is 0 Å². The predicted molar refractivity (Wildman–Crippen MR) is 280 cm³/mol. The summed E-state index contributed by atoms with van der Waals surface area (Å²) in [7, 11) is -42.5. The maximum absolute atomic E-state index is 14.6. The van der Waals surface area contributed by atoms with E-state index in [9.17, 15) is 36.5 Å². The topological polar surface area (TPSA) is 321 Å². The molecule has 8 rings (SSSR count). The molecule has 8 aliphatic heterocycles. The predicted octanol–water partition coefficient (Wildman–Crippen LogP) is 16.9. The molecule has 5 atom stereocenters. The number of hydrogen-bond acceptors (Lipinski definition) is 28. The average Bonchev–Trinajstić information content (AvgIpc) is 3.30. The van der Waals surface area contributed by atoms with Gasteiger partial charge in [-0.05, 0) is 134 Å². The molecule has 0 aromatic carbocycles. The molecule has 4 bridgehead atoms. The second-order valence-corrected chi connectivity index (χ2v) is 32.2. The van der Waals surface area contributed by atoms with Gasteiger partial charge in [0.15, 0.2) is 0 Å². The van der Waals surface area contributed by atoms with Crippen molar-refractivity contribution in [2.24, 2.45) is 0 Å². The summed E-state index contributed by atoms with van der Waals surface area (Å²) in [4.78, 5) is 0. The van der Waals surface area contributed by atoms with Crippen molar-refractivity contribution >= 4 is 62.6 Å². The molecule has 0 aromatic rings. The van der Waals surface area contributed by atoms with Crippen LogP contribution in [0.25, 0.3) is 0 Å². The largest absolute Gasteiger partial charge is 0.496 e. The number of hydrogen-bond donors (Lipinski definition) is 0.